The van der Waals surface area contributed by atoms with E-state index < -0.39 is 74.6 Å². The molecule has 8 N–H and O–H groups in total. The van der Waals surface area contributed by atoms with Gasteiger partial charge >= 0.3 is 0 Å². The van der Waals surface area contributed by atoms with E-state index in [0.717, 1.165) is 0 Å². The zero-order chi connectivity index (χ0) is 17.7. The van der Waals surface area contributed by atoms with Crippen LogP contribution in [-0.4, -0.2) is 115 Å². The van der Waals surface area contributed by atoms with Crippen LogP contribution in [0.4, 0.5) is 0 Å². The summed E-state index contributed by atoms with van der Waals surface area (Å²) in [5.41, 5.74) is 0. The molecular formula is C12H22O11. The topological polar surface area (TPSA) is 197 Å². The fourth-order valence-corrected chi connectivity index (χ4v) is 2.09. The Kier molecular flexibility index (Phi) is 7.89. The highest BCUT2D eigenvalue weighted by Crippen LogP contribution is 2.24. The maximum absolute atomic E-state index is 11.3. The normalized spacial score (nSPS) is 35.6. The number of Topliss-reactive ketones (excluding diaryl/α,β-unsaturated/α-hetero) is 1. The minimum absolute atomic E-state index is 0.726. The van der Waals surface area contributed by atoms with Gasteiger partial charge in [0.2, 0.25) is 0 Å². The van der Waals surface area contributed by atoms with Crippen molar-refractivity contribution in [1.29, 1.82) is 0 Å². The Morgan fingerprint density at radius 1 is 1.04 bits per heavy atom. The van der Waals surface area contributed by atoms with Crippen molar-refractivity contribution in [3.8, 4) is 0 Å². The molecule has 136 valence electrons. The molecule has 1 unspecified atom stereocenters. The summed E-state index contributed by atoms with van der Waals surface area (Å²) in [6.45, 7) is -2.71. The standard InChI is InChI=1S/C12H22O11/c13-1-4(16)7(18)11(5(17)2-14)23-12-10(21)9(20)8(19)6(3-15)22-12/h5-15,17-21H,1-3H2/t5-,6-,7-,8-,9+,10-,11?,12-/m1/s1. The van der Waals surface area contributed by atoms with E-state index in [0.29, 0.717) is 0 Å². The van der Waals surface area contributed by atoms with Gasteiger partial charge in [-0.1, -0.05) is 0 Å². The van der Waals surface area contributed by atoms with Gasteiger partial charge in [-0.25, -0.2) is 0 Å². The molecule has 0 saturated carbocycles. The van der Waals surface area contributed by atoms with E-state index >= 15 is 0 Å². The smallest absolute Gasteiger partial charge is 0.189 e. The van der Waals surface area contributed by atoms with Gasteiger partial charge in [0.15, 0.2) is 12.1 Å². The predicted molar refractivity (Wildman–Crippen MR) is 69.8 cm³/mol. The molecule has 8 atom stereocenters. The Bertz CT molecular complexity index is 376. The first-order valence-electron chi connectivity index (χ1n) is 6.85. The number of hydrogen-bond donors (Lipinski definition) is 8. The van der Waals surface area contributed by atoms with Crippen LogP contribution in [-0.2, 0) is 14.3 Å². The molecule has 1 aliphatic heterocycles. The second-order valence-electron chi connectivity index (χ2n) is 5.12. The lowest BCUT2D eigenvalue weighted by atomic mass is 9.98. The van der Waals surface area contributed by atoms with E-state index in [9.17, 15) is 30.3 Å². The van der Waals surface area contributed by atoms with Gasteiger partial charge in [0, 0.05) is 0 Å². The van der Waals surface area contributed by atoms with E-state index in [1.54, 1.807) is 0 Å². The highest BCUT2D eigenvalue weighted by molar-refractivity contribution is 5.84. The monoisotopic (exact) mass is 342 g/mol. The van der Waals surface area contributed by atoms with Crippen LogP contribution in [0.1, 0.15) is 0 Å². The molecule has 1 fully saturated rings. The number of aliphatic hydroxyl groups excluding tert-OH is 8. The van der Waals surface area contributed by atoms with Gasteiger partial charge in [0.05, 0.1) is 13.2 Å². The zero-order valence-corrected chi connectivity index (χ0v) is 12.0. The molecule has 0 aromatic carbocycles. The van der Waals surface area contributed by atoms with E-state index in [4.69, 9.17) is 24.8 Å². The highest BCUT2D eigenvalue weighted by atomic mass is 16.7. The summed E-state index contributed by atoms with van der Waals surface area (Å²) < 4.78 is 10.1. The van der Waals surface area contributed by atoms with Crippen molar-refractivity contribution in [3.63, 3.8) is 0 Å². The lowest BCUT2D eigenvalue weighted by Crippen LogP contribution is -2.61. The van der Waals surface area contributed by atoms with Crippen LogP contribution in [0.5, 0.6) is 0 Å². The number of ketones is 1. The van der Waals surface area contributed by atoms with Crippen molar-refractivity contribution in [2.75, 3.05) is 19.8 Å². The number of hydrogen-bond acceptors (Lipinski definition) is 11. The SMILES string of the molecule is O=C(CO)[C@@H](O)C(O[C@H]1O[C@H](CO)[C@@H](O)[C@H](O)[C@H]1O)[C@H](O)CO. The van der Waals surface area contributed by atoms with Crippen LogP contribution in [0.25, 0.3) is 0 Å². The molecule has 0 radical (unpaired) electrons. The van der Waals surface area contributed by atoms with Crippen molar-refractivity contribution in [3.05, 3.63) is 0 Å². The number of ether oxygens (including phenoxy) is 2. The first-order chi connectivity index (χ1) is 10.8. The molecule has 1 heterocycles. The average Bonchev–Trinajstić information content (AvgIpc) is 2.57. The van der Waals surface area contributed by atoms with Crippen LogP contribution >= 0.6 is 0 Å². The third-order valence-electron chi connectivity index (χ3n) is 3.50. The van der Waals surface area contributed by atoms with Crippen LogP contribution in [0.2, 0.25) is 0 Å². The zero-order valence-electron chi connectivity index (χ0n) is 12.0. The number of carbonyl (C=O) groups is 1. The lowest BCUT2D eigenvalue weighted by Gasteiger charge is -2.41. The molecule has 1 rings (SSSR count). The molecule has 0 spiro atoms. The first kappa shape index (κ1) is 20.3. The molecule has 0 aromatic rings. The Morgan fingerprint density at radius 3 is 2.13 bits per heavy atom. The van der Waals surface area contributed by atoms with Crippen LogP contribution in [0.3, 0.4) is 0 Å². The minimum Gasteiger partial charge on any atom is -0.394 e. The van der Waals surface area contributed by atoms with E-state index in [-0.39, 0.29) is 0 Å². The third-order valence-corrected chi connectivity index (χ3v) is 3.50. The number of rotatable bonds is 8. The number of carbonyl (C=O) groups excluding carboxylic acids is 1. The Morgan fingerprint density at radius 2 is 1.65 bits per heavy atom. The first-order valence-corrected chi connectivity index (χ1v) is 6.85. The Hall–Kier alpha value is -0.730. The van der Waals surface area contributed by atoms with Gasteiger partial charge in [-0.05, 0) is 0 Å². The average molecular weight is 342 g/mol. The fourth-order valence-electron chi connectivity index (χ4n) is 2.09. The van der Waals surface area contributed by atoms with Crippen molar-refractivity contribution >= 4 is 5.78 Å². The summed E-state index contributed by atoms with van der Waals surface area (Å²) in [6, 6.07) is 0. The highest BCUT2D eigenvalue weighted by Gasteiger charge is 2.46. The molecule has 1 aliphatic rings. The Labute approximate surface area is 130 Å². The fraction of sp³-hybridized carbons (Fsp3) is 0.917. The van der Waals surface area contributed by atoms with Crippen LogP contribution in [0.15, 0.2) is 0 Å². The van der Waals surface area contributed by atoms with Crippen molar-refractivity contribution in [2.24, 2.45) is 0 Å². The van der Waals surface area contributed by atoms with Gasteiger partial charge in [-0.3, -0.25) is 4.79 Å². The summed E-state index contributed by atoms with van der Waals surface area (Å²) in [7, 11) is 0. The van der Waals surface area contributed by atoms with Gasteiger partial charge in [0.1, 0.15) is 49.3 Å². The summed E-state index contributed by atoms with van der Waals surface area (Å²) in [6.07, 6.45) is -13.8. The van der Waals surface area contributed by atoms with Gasteiger partial charge in [0.25, 0.3) is 0 Å². The van der Waals surface area contributed by atoms with Crippen LogP contribution < -0.4 is 0 Å². The Balaban J connectivity index is 2.91. The van der Waals surface area contributed by atoms with E-state index in [1.807, 2.05) is 0 Å². The molecule has 23 heavy (non-hydrogen) atoms. The molecule has 11 heteroatoms. The molecule has 0 aliphatic carbocycles. The maximum Gasteiger partial charge on any atom is 0.189 e. The van der Waals surface area contributed by atoms with Crippen molar-refractivity contribution in [1.82, 2.24) is 0 Å². The minimum atomic E-state index is -2.05. The molecule has 0 aromatic heterocycles. The van der Waals surface area contributed by atoms with Crippen molar-refractivity contribution < 1.29 is 55.1 Å². The van der Waals surface area contributed by atoms with E-state index in [1.165, 1.54) is 0 Å². The molecule has 0 bridgehead atoms. The summed E-state index contributed by atoms with van der Waals surface area (Å²) in [5.74, 6) is -1.12. The lowest BCUT2D eigenvalue weighted by molar-refractivity contribution is -0.323. The van der Waals surface area contributed by atoms with Gasteiger partial charge < -0.3 is 50.3 Å². The molecule has 11 nitrogen and oxygen atoms in total. The third kappa shape index (κ3) is 4.64. The molecular weight excluding hydrogens is 320 g/mol. The second kappa shape index (κ2) is 8.94. The summed E-state index contributed by atoms with van der Waals surface area (Å²) >= 11 is 0. The van der Waals surface area contributed by atoms with Gasteiger partial charge in [-0.15, -0.1) is 0 Å². The molecule has 0 amide bonds. The van der Waals surface area contributed by atoms with E-state index in [2.05, 4.69) is 0 Å². The quantitative estimate of drug-likeness (QED) is 0.209. The van der Waals surface area contributed by atoms with Crippen molar-refractivity contribution in [2.45, 2.75) is 49.0 Å². The number of aliphatic hydroxyl groups is 8. The summed E-state index contributed by atoms with van der Waals surface area (Å²) in [5, 5.41) is 75.1. The molecule has 1 saturated heterocycles. The van der Waals surface area contributed by atoms with Crippen LogP contribution in [0, 0.1) is 0 Å². The van der Waals surface area contributed by atoms with Gasteiger partial charge in [-0.2, -0.15) is 0 Å². The predicted octanol–water partition coefficient (Wildman–Crippen LogP) is -5.55. The maximum atomic E-state index is 11.3. The second-order valence-corrected chi connectivity index (χ2v) is 5.12. The summed E-state index contributed by atoms with van der Waals surface area (Å²) in [4.78, 5) is 11.3. The largest absolute Gasteiger partial charge is 0.394 e.